The van der Waals surface area contributed by atoms with Crippen LogP contribution in [0, 0.1) is 6.92 Å². The van der Waals surface area contributed by atoms with Crippen molar-refractivity contribution in [2.45, 2.75) is 57.5 Å². The number of ether oxygens (including phenoxy) is 1. The lowest BCUT2D eigenvalue weighted by Gasteiger charge is -2.37. The third-order valence-electron chi connectivity index (χ3n) is 9.54. The third kappa shape index (κ3) is 5.85. The molecule has 1 aliphatic carbocycles. The van der Waals surface area contributed by atoms with Gasteiger partial charge in [-0.15, -0.1) is 0 Å². The third-order valence-corrected chi connectivity index (χ3v) is 10.5. The molecule has 3 aromatic carbocycles. The van der Waals surface area contributed by atoms with Gasteiger partial charge in [0.2, 0.25) is 9.05 Å². The highest BCUT2D eigenvalue weighted by atomic mass is 35.7. The lowest BCUT2D eigenvalue weighted by molar-refractivity contribution is 0.00578. The van der Waals surface area contributed by atoms with Gasteiger partial charge in [-0.2, -0.15) is 0 Å². The first-order chi connectivity index (χ1) is 20.7. The summed E-state index contributed by atoms with van der Waals surface area (Å²) in [5.74, 6) is -0.307. The molecular weight excluding hydrogens is 599 g/mol. The van der Waals surface area contributed by atoms with E-state index in [0.29, 0.717) is 31.7 Å². The van der Waals surface area contributed by atoms with Crippen molar-refractivity contribution in [3.63, 3.8) is 0 Å². The van der Waals surface area contributed by atoms with Gasteiger partial charge < -0.3 is 23.8 Å². The van der Waals surface area contributed by atoms with E-state index in [2.05, 4.69) is 29.2 Å². The van der Waals surface area contributed by atoms with Crippen LogP contribution in [0.25, 0.3) is 11.1 Å². The van der Waals surface area contributed by atoms with Crippen LogP contribution in [0.4, 0.5) is 10.5 Å². The molecule has 2 fully saturated rings. The molecule has 8 nitrogen and oxygen atoms in total. The Bertz CT molecular complexity index is 1640. The number of rotatable bonds is 6. The number of anilines is 1. The average molecular weight is 637 g/mol. The van der Waals surface area contributed by atoms with Crippen molar-refractivity contribution in [1.29, 1.82) is 0 Å². The van der Waals surface area contributed by atoms with E-state index in [4.69, 9.17) is 24.7 Å². The minimum absolute atomic E-state index is 0.00430. The molecule has 0 spiro atoms. The normalized spacial score (nSPS) is 19.2. The van der Waals surface area contributed by atoms with Crippen molar-refractivity contribution < 1.29 is 27.3 Å². The zero-order valence-electron chi connectivity index (χ0n) is 25.8. The van der Waals surface area contributed by atoms with Gasteiger partial charge in [-0.05, 0) is 79.5 Å². The van der Waals surface area contributed by atoms with Crippen molar-refractivity contribution in [2.24, 2.45) is 0 Å². The maximum Gasteiger partial charge on any atom is 0.495 e. The van der Waals surface area contributed by atoms with E-state index in [-0.39, 0.29) is 24.4 Å². The van der Waals surface area contributed by atoms with Crippen LogP contribution in [0.15, 0.2) is 60.7 Å². The van der Waals surface area contributed by atoms with Crippen LogP contribution in [0.5, 0.6) is 0 Å². The standard InChI is InChI=1S/C33H38BClN2O6S/c1-22-29(34-42-32(2,3)33(4,5)43-34)18-23(21-44(35,39)40)19-30(22)36-14-16-37(17-15-36)31(38)41-20-28-26-12-8-6-10-24(26)25-11-7-9-13-27(25)28/h6-13,18-19,28H,14-17,20-21H2,1-5H3. The Balaban J connectivity index is 1.16. The molecule has 44 heavy (non-hydrogen) atoms. The summed E-state index contributed by atoms with van der Waals surface area (Å²) in [6.45, 7) is 12.3. The van der Waals surface area contributed by atoms with E-state index in [9.17, 15) is 13.2 Å². The number of halogens is 1. The molecule has 0 unspecified atom stereocenters. The van der Waals surface area contributed by atoms with Crippen LogP contribution in [0.2, 0.25) is 0 Å². The fourth-order valence-corrected chi connectivity index (χ4v) is 7.37. The molecule has 1 amide bonds. The van der Waals surface area contributed by atoms with Gasteiger partial charge >= 0.3 is 13.2 Å². The Morgan fingerprint density at radius 2 is 1.48 bits per heavy atom. The average Bonchev–Trinajstić information content (AvgIpc) is 3.40. The van der Waals surface area contributed by atoms with Gasteiger partial charge in [0.1, 0.15) is 6.61 Å². The predicted molar refractivity (Wildman–Crippen MR) is 174 cm³/mol. The fourth-order valence-electron chi connectivity index (χ4n) is 6.42. The van der Waals surface area contributed by atoms with Gasteiger partial charge in [0.05, 0.1) is 17.0 Å². The Morgan fingerprint density at radius 3 is 2.02 bits per heavy atom. The molecule has 2 aliphatic heterocycles. The predicted octanol–water partition coefficient (Wildman–Crippen LogP) is 5.43. The lowest BCUT2D eigenvalue weighted by Crippen LogP contribution is -2.50. The maximum absolute atomic E-state index is 13.2. The molecule has 0 bridgehead atoms. The smallest absolute Gasteiger partial charge is 0.448 e. The van der Waals surface area contributed by atoms with Gasteiger partial charge in [0, 0.05) is 48.5 Å². The number of hydrogen-bond donors (Lipinski definition) is 0. The van der Waals surface area contributed by atoms with Gasteiger partial charge in [-0.3, -0.25) is 0 Å². The molecule has 3 aliphatic rings. The van der Waals surface area contributed by atoms with Crippen molar-refractivity contribution in [2.75, 3.05) is 37.7 Å². The molecule has 0 N–H and O–H groups in total. The van der Waals surface area contributed by atoms with Crippen LogP contribution in [0.1, 0.15) is 55.9 Å². The number of benzene rings is 3. The number of carbonyl (C=O) groups excluding carboxylic acids is 1. The van der Waals surface area contributed by atoms with Crippen LogP contribution in [-0.2, 0) is 28.8 Å². The molecule has 0 atom stereocenters. The van der Waals surface area contributed by atoms with E-state index in [1.54, 1.807) is 4.90 Å². The Morgan fingerprint density at radius 1 is 0.932 bits per heavy atom. The second-order valence-electron chi connectivity index (χ2n) is 12.9. The van der Waals surface area contributed by atoms with Crippen LogP contribution in [-0.4, -0.2) is 70.5 Å². The molecule has 6 rings (SSSR count). The number of fused-ring (bicyclic) bond motifs is 3. The number of carbonyl (C=O) groups is 1. The minimum atomic E-state index is -3.79. The van der Waals surface area contributed by atoms with Crippen LogP contribution < -0.4 is 10.4 Å². The molecule has 2 heterocycles. The summed E-state index contributed by atoms with van der Waals surface area (Å²) in [5, 5.41) is 0. The van der Waals surface area contributed by atoms with E-state index in [0.717, 1.165) is 16.7 Å². The molecule has 232 valence electrons. The summed E-state index contributed by atoms with van der Waals surface area (Å²) in [7, 11) is 1.23. The summed E-state index contributed by atoms with van der Waals surface area (Å²) in [5.41, 5.74) is 6.79. The summed E-state index contributed by atoms with van der Waals surface area (Å²) in [6.07, 6.45) is -0.330. The van der Waals surface area contributed by atoms with E-state index >= 15 is 0 Å². The highest BCUT2D eigenvalue weighted by Gasteiger charge is 2.52. The molecule has 0 saturated carbocycles. The molecule has 0 radical (unpaired) electrons. The highest BCUT2D eigenvalue weighted by Crippen LogP contribution is 2.44. The van der Waals surface area contributed by atoms with Crippen molar-refractivity contribution in [3.8, 4) is 11.1 Å². The number of piperazine rings is 1. The highest BCUT2D eigenvalue weighted by molar-refractivity contribution is 8.13. The lowest BCUT2D eigenvalue weighted by atomic mass is 9.75. The second kappa shape index (κ2) is 11.4. The second-order valence-corrected chi connectivity index (χ2v) is 15.7. The Kier molecular flexibility index (Phi) is 8.02. The summed E-state index contributed by atoms with van der Waals surface area (Å²) in [6, 6.07) is 20.3. The summed E-state index contributed by atoms with van der Waals surface area (Å²) < 4.78 is 42.7. The summed E-state index contributed by atoms with van der Waals surface area (Å²) in [4.78, 5) is 17.1. The van der Waals surface area contributed by atoms with Crippen molar-refractivity contribution >= 4 is 44.1 Å². The Hall–Kier alpha value is -3.05. The van der Waals surface area contributed by atoms with Crippen LogP contribution in [0.3, 0.4) is 0 Å². The molecule has 2 saturated heterocycles. The van der Waals surface area contributed by atoms with Gasteiger partial charge in [0.25, 0.3) is 0 Å². The molecule has 11 heteroatoms. The first-order valence-electron chi connectivity index (χ1n) is 15.0. The minimum Gasteiger partial charge on any atom is -0.448 e. The molecular formula is C33H38BClN2O6S. The largest absolute Gasteiger partial charge is 0.495 e. The number of amides is 1. The zero-order valence-corrected chi connectivity index (χ0v) is 27.4. The van der Waals surface area contributed by atoms with E-state index in [1.165, 1.54) is 22.3 Å². The van der Waals surface area contributed by atoms with E-state index < -0.39 is 27.4 Å². The van der Waals surface area contributed by atoms with Gasteiger partial charge in [-0.25, -0.2) is 13.2 Å². The van der Waals surface area contributed by atoms with E-state index in [1.807, 2.05) is 71.0 Å². The fraction of sp³-hybridized carbons (Fsp3) is 0.424. The number of hydrogen-bond acceptors (Lipinski definition) is 7. The van der Waals surface area contributed by atoms with Crippen molar-refractivity contribution in [1.82, 2.24) is 4.90 Å². The molecule has 3 aromatic rings. The topological polar surface area (TPSA) is 85.4 Å². The molecule has 0 aromatic heterocycles. The maximum atomic E-state index is 13.2. The summed E-state index contributed by atoms with van der Waals surface area (Å²) >= 11 is 0. The first kappa shape index (κ1) is 31.0. The number of nitrogens with zero attached hydrogens (tertiary/aromatic N) is 2. The van der Waals surface area contributed by atoms with Crippen LogP contribution >= 0.6 is 10.7 Å². The van der Waals surface area contributed by atoms with Crippen molar-refractivity contribution in [3.05, 3.63) is 82.9 Å². The first-order valence-corrected chi connectivity index (χ1v) is 17.5. The van der Waals surface area contributed by atoms with Gasteiger partial charge in [0.15, 0.2) is 0 Å². The Labute approximate surface area is 264 Å². The van der Waals surface area contributed by atoms with Gasteiger partial charge in [-0.1, -0.05) is 54.6 Å². The monoisotopic (exact) mass is 636 g/mol. The quantitative estimate of drug-likeness (QED) is 0.263. The zero-order chi connectivity index (χ0) is 31.4. The SMILES string of the molecule is Cc1c(B2OC(C)(C)C(C)(C)O2)cc(CS(=O)(=O)Cl)cc1N1CCN(C(=O)OCC2c3ccccc3-c3ccccc32)CC1.